The molecule has 8 atom stereocenters. The van der Waals surface area contributed by atoms with E-state index in [1.165, 1.54) is 0 Å². The first kappa shape index (κ1) is 24.9. The summed E-state index contributed by atoms with van der Waals surface area (Å²) in [5, 5.41) is 31.0. The lowest BCUT2D eigenvalue weighted by Crippen LogP contribution is -2.48. The Bertz CT molecular complexity index is 670. The van der Waals surface area contributed by atoms with Gasteiger partial charge in [0.1, 0.15) is 5.78 Å². The van der Waals surface area contributed by atoms with Gasteiger partial charge in [-0.2, -0.15) is 0 Å². The molecule has 4 heteroatoms. The second kappa shape index (κ2) is 9.65. The summed E-state index contributed by atoms with van der Waals surface area (Å²) < 4.78 is 0. The van der Waals surface area contributed by atoms with E-state index in [1.807, 2.05) is 0 Å². The van der Waals surface area contributed by atoms with E-state index in [0.29, 0.717) is 36.9 Å². The second-order valence-electron chi connectivity index (χ2n) is 11.8. The number of aliphatic hydroxyl groups is 3. The molecule has 2 fully saturated rings. The molecule has 8 unspecified atom stereocenters. The van der Waals surface area contributed by atoms with Gasteiger partial charge >= 0.3 is 0 Å². The first-order chi connectivity index (χ1) is 14.5. The van der Waals surface area contributed by atoms with E-state index in [9.17, 15) is 20.1 Å². The highest BCUT2D eigenvalue weighted by Gasteiger charge is 2.56. The van der Waals surface area contributed by atoms with E-state index in [4.69, 9.17) is 0 Å². The van der Waals surface area contributed by atoms with Crippen LogP contribution in [-0.2, 0) is 4.79 Å². The van der Waals surface area contributed by atoms with Crippen LogP contribution in [0.25, 0.3) is 0 Å². The van der Waals surface area contributed by atoms with Crippen LogP contribution in [0.1, 0.15) is 92.4 Å². The van der Waals surface area contributed by atoms with Crippen LogP contribution in [0.15, 0.2) is 11.6 Å². The fourth-order valence-corrected chi connectivity index (χ4v) is 7.38. The molecule has 2 saturated carbocycles. The van der Waals surface area contributed by atoms with Crippen molar-refractivity contribution in [2.24, 2.45) is 40.4 Å². The molecule has 3 rings (SSSR count). The number of aliphatic hydroxyl groups excluding tert-OH is 3. The molecule has 0 aliphatic heterocycles. The highest BCUT2D eigenvalue weighted by Crippen LogP contribution is 2.59. The Hall–Kier alpha value is -0.710. The Labute approximate surface area is 189 Å². The third-order valence-corrected chi connectivity index (χ3v) is 9.54. The summed E-state index contributed by atoms with van der Waals surface area (Å²) in [6.07, 6.45) is 9.02. The molecule has 0 radical (unpaired) electrons. The minimum absolute atomic E-state index is 0.00875. The van der Waals surface area contributed by atoms with E-state index in [-0.39, 0.29) is 42.0 Å². The lowest BCUT2D eigenvalue weighted by Gasteiger charge is -2.48. The molecule has 0 aromatic rings. The number of allylic oxidation sites excluding steroid dienone is 1. The van der Waals surface area contributed by atoms with Crippen LogP contribution in [0, 0.1) is 40.4 Å². The summed E-state index contributed by atoms with van der Waals surface area (Å²) in [4.78, 5) is 13.8. The monoisotopic (exact) mass is 434 g/mol. The van der Waals surface area contributed by atoms with Crippen LogP contribution < -0.4 is 0 Å². The molecule has 0 heterocycles. The van der Waals surface area contributed by atoms with Gasteiger partial charge in [0, 0.05) is 17.9 Å². The van der Waals surface area contributed by atoms with Crippen molar-refractivity contribution in [3.05, 3.63) is 11.6 Å². The van der Waals surface area contributed by atoms with Crippen LogP contribution in [0.3, 0.4) is 0 Å². The minimum atomic E-state index is -0.428. The Balaban J connectivity index is 1.82. The van der Waals surface area contributed by atoms with E-state index in [1.54, 1.807) is 0 Å². The molecule has 0 saturated heterocycles. The molecular weight excluding hydrogens is 388 g/mol. The molecule has 4 nitrogen and oxygen atoms in total. The van der Waals surface area contributed by atoms with E-state index >= 15 is 0 Å². The van der Waals surface area contributed by atoms with E-state index in [0.717, 1.165) is 44.1 Å². The van der Waals surface area contributed by atoms with Crippen LogP contribution in [0.4, 0.5) is 0 Å². The first-order valence-corrected chi connectivity index (χ1v) is 12.8. The van der Waals surface area contributed by atoms with Crippen molar-refractivity contribution in [3.63, 3.8) is 0 Å². The highest BCUT2D eigenvalue weighted by molar-refractivity contribution is 5.91. The Kier molecular flexibility index (Phi) is 7.76. The van der Waals surface area contributed by atoms with Gasteiger partial charge in [0.05, 0.1) is 12.2 Å². The SMILES string of the molecule is CC(C)CCC(O)C(C)C1CCC(C2CC=C3CC(O)CCC3(C)C2=O)C1(C)CCO. The summed E-state index contributed by atoms with van der Waals surface area (Å²) in [6, 6.07) is 0. The van der Waals surface area contributed by atoms with E-state index < -0.39 is 5.41 Å². The van der Waals surface area contributed by atoms with Gasteiger partial charge in [-0.3, -0.25) is 4.79 Å². The molecule has 178 valence electrons. The standard InChI is InChI=1S/C27H46O4/c1-17(2)6-11-24(30)18(3)22-9-10-23(27(22,5)14-15-28)21-8-7-19-16-20(29)12-13-26(19,4)25(21)31/h7,17-18,20-24,28-30H,6,8-16H2,1-5H3. The number of fused-ring (bicyclic) bond motifs is 1. The van der Waals surface area contributed by atoms with Crippen molar-refractivity contribution in [1.82, 2.24) is 0 Å². The molecule has 3 aliphatic rings. The summed E-state index contributed by atoms with van der Waals surface area (Å²) in [6.45, 7) is 11.1. The minimum Gasteiger partial charge on any atom is -0.396 e. The molecule has 0 bridgehead atoms. The normalized spacial score (nSPS) is 40.5. The number of ketones is 1. The summed E-state index contributed by atoms with van der Waals surface area (Å²) >= 11 is 0. The molecule has 0 aromatic carbocycles. The van der Waals surface area contributed by atoms with Gasteiger partial charge in [0.2, 0.25) is 0 Å². The maximum atomic E-state index is 13.8. The van der Waals surface area contributed by atoms with Crippen LogP contribution in [-0.4, -0.2) is 39.9 Å². The van der Waals surface area contributed by atoms with Gasteiger partial charge in [0.15, 0.2) is 0 Å². The topological polar surface area (TPSA) is 77.8 Å². The van der Waals surface area contributed by atoms with Crippen molar-refractivity contribution in [1.29, 1.82) is 0 Å². The quantitative estimate of drug-likeness (QED) is 0.475. The zero-order chi connectivity index (χ0) is 23.0. The van der Waals surface area contributed by atoms with E-state index in [2.05, 4.69) is 40.7 Å². The van der Waals surface area contributed by atoms with Gasteiger partial charge < -0.3 is 15.3 Å². The number of carbonyl (C=O) groups excluding carboxylic acids is 1. The van der Waals surface area contributed by atoms with Crippen molar-refractivity contribution < 1.29 is 20.1 Å². The third-order valence-electron chi connectivity index (χ3n) is 9.54. The van der Waals surface area contributed by atoms with Crippen molar-refractivity contribution in [2.75, 3.05) is 6.61 Å². The number of hydrogen-bond donors (Lipinski definition) is 3. The third kappa shape index (κ3) is 4.68. The molecule has 0 aromatic heterocycles. The average molecular weight is 435 g/mol. The first-order valence-electron chi connectivity index (χ1n) is 12.8. The zero-order valence-corrected chi connectivity index (χ0v) is 20.4. The summed E-state index contributed by atoms with van der Waals surface area (Å²) in [5.74, 6) is 1.68. The van der Waals surface area contributed by atoms with Gasteiger partial charge in [0.25, 0.3) is 0 Å². The predicted octanol–water partition coefficient (Wildman–Crippen LogP) is 4.90. The van der Waals surface area contributed by atoms with Crippen LogP contribution in [0.5, 0.6) is 0 Å². The smallest absolute Gasteiger partial charge is 0.146 e. The fourth-order valence-electron chi connectivity index (χ4n) is 7.38. The van der Waals surface area contributed by atoms with Crippen molar-refractivity contribution in [2.45, 2.75) is 105 Å². The molecule has 3 N–H and O–H groups in total. The Morgan fingerprint density at radius 3 is 2.48 bits per heavy atom. The molecule has 31 heavy (non-hydrogen) atoms. The maximum absolute atomic E-state index is 13.8. The lowest BCUT2D eigenvalue weighted by molar-refractivity contribution is -0.137. The van der Waals surface area contributed by atoms with Gasteiger partial charge in [-0.05, 0) is 93.8 Å². The summed E-state index contributed by atoms with van der Waals surface area (Å²) in [7, 11) is 0. The lowest BCUT2D eigenvalue weighted by atomic mass is 9.55. The highest BCUT2D eigenvalue weighted by atomic mass is 16.3. The number of carbonyl (C=O) groups is 1. The van der Waals surface area contributed by atoms with Crippen LogP contribution in [0.2, 0.25) is 0 Å². The Morgan fingerprint density at radius 1 is 1.13 bits per heavy atom. The number of hydrogen-bond acceptors (Lipinski definition) is 4. The number of rotatable bonds is 8. The molecule has 0 amide bonds. The fraction of sp³-hybridized carbons (Fsp3) is 0.889. The predicted molar refractivity (Wildman–Crippen MR) is 124 cm³/mol. The van der Waals surface area contributed by atoms with Gasteiger partial charge in [-0.15, -0.1) is 0 Å². The molecule has 3 aliphatic carbocycles. The Morgan fingerprint density at radius 2 is 1.84 bits per heavy atom. The largest absolute Gasteiger partial charge is 0.396 e. The van der Waals surface area contributed by atoms with Crippen molar-refractivity contribution >= 4 is 5.78 Å². The van der Waals surface area contributed by atoms with Crippen LogP contribution >= 0.6 is 0 Å². The van der Waals surface area contributed by atoms with Gasteiger partial charge in [-0.1, -0.05) is 39.3 Å². The van der Waals surface area contributed by atoms with Gasteiger partial charge in [-0.25, -0.2) is 0 Å². The maximum Gasteiger partial charge on any atom is 0.146 e. The second-order valence-corrected chi connectivity index (χ2v) is 11.8. The summed E-state index contributed by atoms with van der Waals surface area (Å²) in [5.41, 5.74) is 0.578. The molecule has 0 spiro atoms. The average Bonchev–Trinajstić information content (AvgIpc) is 3.04. The molecular formula is C27H46O4. The number of Topliss-reactive ketones (excluding diaryl/α,β-unsaturated/α-hetero) is 1. The van der Waals surface area contributed by atoms with Crippen molar-refractivity contribution in [3.8, 4) is 0 Å². The zero-order valence-electron chi connectivity index (χ0n) is 20.4.